The summed E-state index contributed by atoms with van der Waals surface area (Å²) in [6, 6.07) is 0. The number of nitrogens with one attached hydrogen (secondary N) is 3. The van der Waals surface area contributed by atoms with E-state index >= 15 is 0 Å². The van der Waals surface area contributed by atoms with Gasteiger partial charge in [0.2, 0.25) is 5.91 Å². The molecule has 108 valence electrons. The number of carbonyl (C=O) groups is 1. The summed E-state index contributed by atoms with van der Waals surface area (Å²) in [6.07, 6.45) is 5.68. The van der Waals surface area contributed by atoms with E-state index in [1.54, 1.807) is 0 Å². The second-order valence-electron chi connectivity index (χ2n) is 4.85. The van der Waals surface area contributed by atoms with Gasteiger partial charge >= 0.3 is 0 Å². The molecule has 1 atom stereocenters. The van der Waals surface area contributed by atoms with Gasteiger partial charge in [-0.1, -0.05) is 6.92 Å². The molecule has 19 heavy (non-hydrogen) atoms. The van der Waals surface area contributed by atoms with Crippen molar-refractivity contribution < 1.29 is 4.79 Å². The third kappa shape index (κ3) is 4.51. The number of aromatic nitrogens is 2. The summed E-state index contributed by atoms with van der Waals surface area (Å²) in [7, 11) is 0. The first-order chi connectivity index (χ1) is 8.81. The van der Waals surface area contributed by atoms with Crippen molar-refractivity contribution in [2.75, 3.05) is 19.6 Å². The summed E-state index contributed by atoms with van der Waals surface area (Å²) in [6.45, 7) is 4.71. The topological polar surface area (TPSA) is 69.8 Å². The molecule has 0 saturated carbocycles. The van der Waals surface area contributed by atoms with Crippen molar-refractivity contribution in [3.05, 3.63) is 17.5 Å². The van der Waals surface area contributed by atoms with Crippen LogP contribution < -0.4 is 10.6 Å². The van der Waals surface area contributed by atoms with Gasteiger partial charge in [0.25, 0.3) is 0 Å². The SMILES string of the molecule is CCCNCCNC(=O)C1CCc2cn[nH]c2C1.Cl. The maximum Gasteiger partial charge on any atom is 0.223 e. The average molecular weight is 287 g/mol. The lowest BCUT2D eigenvalue weighted by atomic mass is 9.87. The van der Waals surface area contributed by atoms with Crippen LogP contribution in [0.5, 0.6) is 0 Å². The summed E-state index contributed by atoms with van der Waals surface area (Å²) < 4.78 is 0. The first kappa shape index (κ1) is 16.0. The molecule has 1 aromatic heterocycles. The van der Waals surface area contributed by atoms with Gasteiger partial charge in [-0.25, -0.2) is 0 Å². The van der Waals surface area contributed by atoms with Crippen LogP contribution in [-0.2, 0) is 17.6 Å². The Kier molecular flexibility index (Phi) is 6.87. The van der Waals surface area contributed by atoms with Gasteiger partial charge in [0.05, 0.1) is 6.20 Å². The molecule has 1 amide bonds. The van der Waals surface area contributed by atoms with Gasteiger partial charge in [-0.3, -0.25) is 9.89 Å². The highest BCUT2D eigenvalue weighted by atomic mass is 35.5. The third-order valence-electron chi connectivity index (χ3n) is 3.42. The predicted molar refractivity (Wildman–Crippen MR) is 77.5 cm³/mol. The van der Waals surface area contributed by atoms with Crippen LogP contribution in [0.3, 0.4) is 0 Å². The number of H-pyrrole nitrogens is 1. The minimum atomic E-state index is 0. The highest BCUT2D eigenvalue weighted by Gasteiger charge is 2.25. The first-order valence-electron chi connectivity index (χ1n) is 6.80. The number of amides is 1. The zero-order chi connectivity index (χ0) is 12.8. The second kappa shape index (κ2) is 8.17. The number of aryl methyl sites for hydroxylation is 1. The Hall–Kier alpha value is -1.07. The van der Waals surface area contributed by atoms with Crippen molar-refractivity contribution in [2.24, 2.45) is 5.92 Å². The number of nitrogens with zero attached hydrogens (tertiary/aromatic N) is 1. The fraction of sp³-hybridized carbons (Fsp3) is 0.692. The van der Waals surface area contributed by atoms with Crippen molar-refractivity contribution in [2.45, 2.75) is 32.6 Å². The van der Waals surface area contributed by atoms with Crippen LogP contribution in [-0.4, -0.2) is 35.7 Å². The van der Waals surface area contributed by atoms with Gasteiger partial charge in [-0.05, 0) is 31.4 Å². The number of aromatic amines is 1. The molecule has 1 aromatic rings. The molecule has 0 aliphatic heterocycles. The number of fused-ring (bicyclic) bond motifs is 1. The van der Waals surface area contributed by atoms with Crippen LogP contribution in [0.1, 0.15) is 31.0 Å². The zero-order valence-corrected chi connectivity index (χ0v) is 12.2. The number of rotatable bonds is 6. The first-order valence-corrected chi connectivity index (χ1v) is 6.80. The largest absolute Gasteiger partial charge is 0.355 e. The van der Waals surface area contributed by atoms with Crippen LogP contribution in [0.4, 0.5) is 0 Å². The zero-order valence-electron chi connectivity index (χ0n) is 11.4. The molecule has 0 aromatic carbocycles. The molecule has 6 heteroatoms. The molecule has 5 nitrogen and oxygen atoms in total. The second-order valence-corrected chi connectivity index (χ2v) is 4.85. The van der Waals surface area contributed by atoms with Crippen molar-refractivity contribution in [1.82, 2.24) is 20.8 Å². The fourth-order valence-electron chi connectivity index (χ4n) is 2.35. The van der Waals surface area contributed by atoms with Gasteiger partial charge in [-0.15, -0.1) is 12.4 Å². The molecule has 0 bridgehead atoms. The lowest BCUT2D eigenvalue weighted by molar-refractivity contribution is -0.125. The summed E-state index contributed by atoms with van der Waals surface area (Å²) in [5, 5.41) is 13.3. The molecule has 0 radical (unpaired) electrons. The Bertz CT molecular complexity index is 394. The summed E-state index contributed by atoms with van der Waals surface area (Å²) in [5.41, 5.74) is 2.40. The van der Waals surface area contributed by atoms with Gasteiger partial charge in [0.15, 0.2) is 0 Å². The standard InChI is InChI=1S/C13H22N4O.ClH/c1-2-5-14-6-7-15-13(18)10-3-4-11-9-16-17-12(11)8-10;/h9-10,14H,2-8H2,1H3,(H,15,18)(H,16,17);1H. The van der Waals surface area contributed by atoms with E-state index in [4.69, 9.17) is 0 Å². The van der Waals surface area contributed by atoms with E-state index in [9.17, 15) is 4.79 Å². The molecule has 3 N–H and O–H groups in total. The lowest BCUT2D eigenvalue weighted by Gasteiger charge is -2.20. The minimum absolute atomic E-state index is 0. The average Bonchev–Trinajstić information content (AvgIpc) is 2.85. The van der Waals surface area contributed by atoms with Crippen molar-refractivity contribution in [1.29, 1.82) is 0 Å². The van der Waals surface area contributed by atoms with Crippen molar-refractivity contribution in [3.8, 4) is 0 Å². The van der Waals surface area contributed by atoms with Crippen LogP contribution in [0, 0.1) is 5.92 Å². The molecule has 0 saturated heterocycles. The van der Waals surface area contributed by atoms with Gasteiger partial charge < -0.3 is 10.6 Å². The minimum Gasteiger partial charge on any atom is -0.355 e. The predicted octanol–water partition coefficient (Wildman–Crippen LogP) is 1.05. The normalized spacial score (nSPS) is 17.4. The molecule has 1 aliphatic carbocycles. The number of hydrogen-bond donors (Lipinski definition) is 3. The number of carbonyl (C=O) groups excluding carboxylic acids is 1. The summed E-state index contributed by atoms with van der Waals surface area (Å²) in [4.78, 5) is 12.0. The van der Waals surface area contributed by atoms with E-state index in [1.807, 2.05) is 6.20 Å². The van der Waals surface area contributed by atoms with E-state index in [1.165, 1.54) is 5.56 Å². The Morgan fingerprint density at radius 1 is 1.47 bits per heavy atom. The van der Waals surface area contributed by atoms with Gasteiger partial charge in [0, 0.05) is 31.1 Å². The van der Waals surface area contributed by atoms with Gasteiger partial charge in [-0.2, -0.15) is 5.10 Å². The quantitative estimate of drug-likeness (QED) is 0.685. The molecule has 1 aliphatic rings. The van der Waals surface area contributed by atoms with Crippen molar-refractivity contribution in [3.63, 3.8) is 0 Å². The van der Waals surface area contributed by atoms with E-state index < -0.39 is 0 Å². The summed E-state index contributed by atoms with van der Waals surface area (Å²) in [5.74, 6) is 0.276. The molecule has 0 spiro atoms. The fourth-order valence-corrected chi connectivity index (χ4v) is 2.35. The maximum absolute atomic E-state index is 12.0. The lowest BCUT2D eigenvalue weighted by Crippen LogP contribution is -2.38. The number of halogens is 1. The van der Waals surface area contributed by atoms with E-state index in [-0.39, 0.29) is 24.2 Å². The van der Waals surface area contributed by atoms with Crippen LogP contribution in [0.2, 0.25) is 0 Å². The Labute approximate surface area is 120 Å². The van der Waals surface area contributed by atoms with Gasteiger partial charge in [0.1, 0.15) is 0 Å². The highest BCUT2D eigenvalue weighted by Crippen LogP contribution is 2.23. The monoisotopic (exact) mass is 286 g/mol. The Balaban J connectivity index is 0.00000180. The Morgan fingerprint density at radius 2 is 2.32 bits per heavy atom. The van der Waals surface area contributed by atoms with E-state index in [0.29, 0.717) is 6.54 Å². The van der Waals surface area contributed by atoms with Crippen LogP contribution >= 0.6 is 12.4 Å². The Morgan fingerprint density at radius 3 is 3.11 bits per heavy atom. The summed E-state index contributed by atoms with van der Waals surface area (Å²) >= 11 is 0. The molecule has 1 heterocycles. The smallest absolute Gasteiger partial charge is 0.223 e. The molecule has 1 unspecified atom stereocenters. The van der Waals surface area contributed by atoms with Crippen LogP contribution in [0.15, 0.2) is 6.20 Å². The van der Waals surface area contributed by atoms with Crippen LogP contribution in [0.25, 0.3) is 0 Å². The molecule has 0 fully saturated rings. The highest BCUT2D eigenvalue weighted by molar-refractivity contribution is 5.85. The van der Waals surface area contributed by atoms with E-state index in [0.717, 1.165) is 44.5 Å². The van der Waals surface area contributed by atoms with E-state index in [2.05, 4.69) is 27.8 Å². The van der Waals surface area contributed by atoms with Crippen molar-refractivity contribution >= 4 is 18.3 Å². The number of hydrogen-bond acceptors (Lipinski definition) is 3. The third-order valence-corrected chi connectivity index (χ3v) is 3.42. The molecular formula is C13H23ClN4O. The molecule has 2 rings (SSSR count). The maximum atomic E-state index is 12.0. The molecular weight excluding hydrogens is 264 g/mol.